The number of aryl methyl sites for hydroxylation is 2. The number of carbonyl (C=O) groups excluding carboxylic acids is 1. The summed E-state index contributed by atoms with van der Waals surface area (Å²) in [6, 6.07) is 13.2. The number of nitriles is 1. The molecule has 0 atom stereocenters. The van der Waals surface area contributed by atoms with E-state index >= 15 is 0 Å². The number of hydrogen-bond acceptors (Lipinski definition) is 8. The van der Waals surface area contributed by atoms with Crippen LogP contribution in [0.25, 0.3) is 6.08 Å². The molecule has 1 amide bonds. The van der Waals surface area contributed by atoms with E-state index in [-0.39, 0.29) is 5.57 Å². The van der Waals surface area contributed by atoms with Crippen LogP contribution in [0.5, 0.6) is 17.2 Å². The summed E-state index contributed by atoms with van der Waals surface area (Å²) in [5, 5.41) is 21.4. The Hall–Kier alpha value is -3.90. The van der Waals surface area contributed by atoms with Gasteiger partial charge in [0.1, 0.15) is 35.6 Å². The molecule has 188 valence electrons. The first-order chi connectivity index (χ1) is 17.3. The van der Waals surface area contributed by atoms with Crippen molar-refractivity contribution in [1.29, 1.82) is 5.26 Å². The zero-order valence-electron chi connectivity index (χ0n) is 21.1. The lowest BCUT2D eigenvalue weighted by Crippen LogP contribution is -2.13. The fourth-order valence-corrected chi connectivity index (χ4v) is 4.32. The number of ether oxygens (including phenoxy) is 3. The SMILES string of the molecule is COc1cc(/C=C(/C#N)C(=O)Nc2nnc(CC(C)C)s2)ccc1OCCOc1ccc(C)cc1C. The second-order valence-electron chi connectivity index (χ2n) is 8.60. The molecule has 2 aromatic carbocycles. The van der Waals surface area contributed by atoms with E-state index in [2.05, 4.69) is 35.4 Å². The average molecular weight is 507 g/mol. The Morgan fingerprint density at radius 3 is 2.47 bits per heavy atom. The Balaban J connectivity index is 1.61. The Kier molecular flexibility index (Phi) is 9.42. The molecule has 0 radical (unpaired) electrons. The highest BCUT2D eigenvalue weighted by Gasteiger charge is 2.14. The molecule has 0 aliphatic rings. The quantitative estimate of drug-likeness (QED) is 0.212. The van der Waals surface area contributed by atoms with E-state index in [4.69, 9.17) is 14.2 Å². The summed E-state index contributed by atoms with van der Waals surface area (Å²) >= 11 is 1.30. The first-order valence-corrected chi connectivity index (χ1v) is 12.4. The highest BCUT2D eigenvalue weighted by Crippen LogP contribution is 2.29. The number of nitrogens with zero attached hydrogens (tertiary/aromatic N) is 3. The van der Waals surface area contributed by atoms with E-state index in [1.165, 1.54) is 30.1 Å². The molecule has 1 heterocycles. The van der Waals surface area contributed by atoms with E-state index < -0.39 is 5.91 Å². The third-order valence-corrected chi connectivity index (χ3v) is 5.92. The molecule has 1 aromatic heterocycles. The Bertz CT molecular complexity index is 1280. The van der Waals surface area contributed by atoms with Crippen molar-refractivity contribution in [2.75, 3.05) is 25.6 Å². The second-order valence-corrected chi connectivity index (χ2v) is 9.66. The molecule has 0 unspecified atom stereocenters. The lowest BCUT2D eigenvalue weighted by atomic mass is 10.1. The molecule has 1 N–H and O–H groups in total. The van der Waals surface area contributed by atoms with Gasteiger partial charge in [-0.2, -0.15) is 5.26 Å². The van der Waals surface area contributed by atoms with Gasteiger partial charge < -0.3 is 14.2 Å². The molecule has 0 aliphatic heterocycles. The Morgan fingerprint density at radius 1 is 1.08 bits per heavy atom. The molecular weight excluding hydrogens is 476 g/mol. The van der Waals surface area contributed by atoms with Gasteiger partial charge in [0.15, 0.2) is 11.5 Å². The summed E-state index contributed by atoms with van der Waals surface area (Å²) in [5.41, 5.74) is 2.81. The molecule has 9 heteroatoms. The molecule has 0 spiro atoms. The van der Waals surface area contributed by atoms with Crippen LogP contribution < -0.4 is 19.5 Å². The second kappa shape index (κ2) is 12.7. The van der Waals surface area contributed by atoms with Gasteiger partial charge in [0.05, 0.1) is 7.11 Å². The molecule has 3 aromatic rings. The van der Waals surface area contributed by atoms with E-state index in [9.17, 15) is 10.1 Å². The monoisotopic (exact) mass is 506 g/mol. The summed E-state index contributed by atoms with van der Waals surface area (Å²) < 4.78 is 17.1. The number of benzene rings is 2. The van der Waals surface area contributed by atoms with Gasteiger partial charge in [0.2, 0.25) is 5.13 Å². The van der Waals surface area contributed by atoms with Gasteiger partial charge in [-0.05, 0) is 55.2 Å². The third-order valence-electron chi connectivity index (χ3n) is 5.06. The van der Waals surface area contributed by atoms with Crippen LogP contribution in [-0.2, 0) is 11.2 Å². The zero-order valence-corrected chi connectivity index (χ0v) is 21.9. The standard InChI is InChI=1S/C27H30N4O4S/c1-17(2)12-25-30-31-27(36-25)29-26(32)21(16-28)14-20-7-9-23(24(15-20)33-5)35-11-10-34-22-8-6-18(3)13-19(22)4/h6-9,13-15,17H,10-12H2,1-5H3,(H,29,31,32)/b21-14-. The van der Waals surface area contributed by atoms with Gasteiger partial charge in [0, 0.05) is 6.42 Å². The minimum absolute atomic E-state index is 0.0619. The largest absolute Gasteiger partial charge is 0.493 e. The minimum Gasteiger partial charge on any atom is -0.493 e. The fraction of sp³-hybridized carbons (Fsp3) is 0.333. The predicted octanol–water partition coefficient (Wildman–Crippen LogP) is 5.37. The molecule has 3 rings (SSSR count). The van der Waals surface area contributed by atoms with Crippen LogP contribution in [0.4, 0.5) is 5.13 Å². The van der Waals surface area contributed by atoms with Crippen LogP contribution >= 0.6 is 11.3 Å². The van der Waals surface area contributed by atoms with Crippen LogP contribution in [0.1, 0.15) is 35.5 Å². The van der Waals surface area contributed by atoms with Gasteiger partial charge >= 0.3 is 0 Å². The Labute approximate surface area is 215 Å². The van der Waals surface area contributed by atoms with Crippen molar-refractivity contribution in [3.05, 3.63) is 63.7 Å². The Morgan fingerprint density at radius 2 is 1.81 bits per heavy atom. The molecule has 0 aliphatic carbocycles. The number of nitrogens with one attached hydrogen (secondary N) is 1. The third kappa shape index (κ3) is 7.55. The van der Waals surface area contributed by atoms with Crippen molar-refractivity contribution >= 4 is 28.5 Å². The van der Waals surface area contributed by atoms with Crippen LogP contribution in [0.3, 0.4) is 0 Å². The summed E-state index contributed by atoms with van der Waals surface area (Å²) in [6.45, 7) is 8.91. The molecular formula is C27H30N4O4S. The summed E-state index contributed by atoms with van der Waals surface area (Å²) in [7, 11) is 1.53. The summed E-state index contributed by atoms with van der Waals surface area (Å²) in [5.74, 6) is 1.72. The van der Waals surface area contributed by atoms with Gasteiger partial charge in [0.25, 0.3) is 5.91 Å². The molecule has 0 fully saturated rings. The van der Waals surface area contributed by atoms with Crippen molar-refractivity contribution < 1.29 is 19.0 Å². The van der Waals surface area contributed by atoms with E-state index in [1.54, 1.807) is 18.2 Å². The molecule has 0 saturated carbocycles. The highest BCUT2D eigenvalue weighted by molar-refractivity contribution is 7.15. The zero-order chi connectivity index (χ0) is 26.1. The minimum atomic E-state index is -0.549. The van der Waals surface area contributed by atoms with Crippen LogP contribution in [-0.4, -0.2) is 36.4 Å². The van der Waals surface area contributed by atoms with Crippen molar-refractivity contribution in [1.82, 2.24) is 10.2 Å². The number of amides is 1. The van der Waals surface area contributed by atoms with Gasteiger partial charge in [-0.3, -0.25) is 10.1 Å². The first-order valence-electron chi connectivity index (χ1n) is 11.6. The molecule has 0 bridgehead atoms. The van der Waals surface area contributed by atoms with Gasteiger partial charge in [-0.25, -0.2) is 0 Å². The highest BCUT2D eigenvalue weighted by atomic mass is 32.1. The fourth-order valence-electron chi connectivity index (χ4n) is 3.37. The normalized spacial score (nSPS) is 11.2. The number of carbonyl (C=O) groups is 1. The van der Waals surface area contributed by atoms with Gasteiger partial charge in [-0.15, -0.1) is 10.2 Å². The molecule has 8 nitrogen and oxygen atoms in total. The van der Waals surface area contributed by atoms with Crippen LogP contribution in [0.15, 0.2) is 42.0 Å². The van der Waals surface area contributed by atoms with Crippen LogP contribution in [0.2, 0.25) is 0 Å². The number of aromatic nitrogens is 2. The topological polar surface area (TPSA) is 106 Å². The van der Waals surface area contributed by atoms with E-state index in [1.807, 2.05) is 32.0 Å². The maximum absolute atomic E-state index is 12.6. The average Bonchev–Trinajstić information content (AvgIpc) is 3.27. The number of hydrogen-bond donors (Lipinski definition) is 1. The lowest BCUT2D eigenvalue weighted by molar-refractivity contribution is -0.112. The lowest BCUT2D eigenvalue weighted by Gasteiger charge is -2.13. The van der Waals surface area contributed by atoms with Crippen molar-refractivity contribution in [2.24, 2.45) is 5.92 Å². The first kappa shape index (κ1) is 26.7. The molecule has 0 saturated heterocycles. The smallest absolute Gasteiger partial charge is 0.268 e. The van der Waals surface area contributed by atoms with Gasteiger partial charge in [-0.1, -0.05) is 48.9 Å². The number of rotatable bonds is 11. The maximum Gasteiger partial charge on any atom is 0.268 e. The maximum atomic E-state index is 12.6. The van der Waals surface area contributed by atoms with Crippen molar-refractivity contribution in [3.63, 3.8) is 0 Å². The number of methoxy groups -OCH3 is 1. The van der Waals surface area contributed by atoms with Crippen LogP contribution in [0, 0.1) is 31.1 Å². The number of anilines is 1. The van der Waals surface area contributed by atoms with Crippen molar-refractivity contribution in [3.8, 4) is 23.3 Å². The van der Waals surface area contributed by atoms with E-state index in [0.29, 0.717) is 41.3 Å². The predicted molar refractivity (Wildman–Crippen MR) is 141 cm³/mol. The molecule has 36 heavy (non-hydrogen) atoms. The van der Waals surface area contributed by atoms with Crippen molar-refractivity contribution in [2.45, 2.75) is 34.1 Å². The summed E-state index contributed by atoms with van der Waals surface area (Å²) in [4.78, 5) is 12.6. The van der Waals surface area contributed by atoms with E-state index in [0.717, 1.165) is 22.7 Å². The summed E-state index contributed by atoms with van der Waals surface area (Å²) in [6.07, 6.45) is 2.27.